The number of hydrogen-bond donors (Lipinski definition) is 3. The minimum absolute atomic E-state index is 0.0348. The van der Waals surface area contributed by atoms with E-state index >= 15 is 0 Å². The molecular formula is C22H16BrN3O5. The maximum Gasteiger partial charge on any atom is 0.272 e. The number of non-ortho nitro benzene ring substituents is 1. The van der Waals surface area contributed by atoms with Gasteiger partial charge in [0.25, 0.3) is 17.5 Å². The normalized spacial score (nSPS) is 10.9. The number of hydrogen-bond acceptors (Lipinski definition) is 5. The minimum Gasteiger partial charge on any atom is -0.508 e. The molecule has 0 radical (unpaired) electrons. The summed E-state index contributed by atoms with van der Waals surface area (Å²) < 4.78 is 0.543. The van der Waals surface area contributed by atoms with Crippen molar-refractivity contribution in [2.45, 2.75) is 0 Å². The zero-order chi connectivity index (χ0) is 22.4. The van der Waals surface area contributed by atoms with Gasteiger partial charge in [0.2, 0.25) is 0 Å². The first kappa shape index (κ1) is 21.7. The number of halogens is 1. The van der Waals surface area contributed by atoms with Crippen LogP contribution in [0.3, 0.4) is 0 Å². The van der Waals surface area contributed by atoms with E-state index in [1.807, 2.05) is 0 Å². The zero-order valence-electron chi connectivity index (χ0n) is 15.9. The molecule has 2 amide bonds. The summed E-state index contributed by atoms with van der Waals surface area (Å²) in [7, 11) is 0. The van der Waals surface area contributed by atoms with Crippen LogP contribution in [-0.4, -0.2) is 21.8 Å². The molecule has 0 aliphatic rings. The second-order valence-electron chi connectivity index (χ2n) is 6.35. The Bertz CT molecular complexity index is 1180. The third-order valence-corrected chi connectivity index (χ3v) is 4.82. The second-order valence-corrected chi connectivity index (χ2v) is 7.20. The SMILES string of the molecule is O=C(Nc1ccc(O)cc1)/C(=C/c1cccc([N+](=O)[O-])c1)NC(=O)c1ccccc1Br. The summed E-state index contributed by atoms with van der Waals surface area (Å²) in [6.07, 6.45) is 1.34. The first-order valence-electron chi connectivity index (χ1n) is 8.96. The third kappa shape index (κ3) is 5.77. The average Bonchev–Trinajstić information content (AvgIpc) is 2.75. The maximum absolute atomic E-state index is 12.9. The number of anilines is 1. The number of amides is 2. The molecule has 0 heterocycles. The van der Waals surface area contributed by atoms with Gasteiger partial charge in [0.05, 0.1) is 10.5 Å². The van der Waals surface area contributed by atoms with E-state index in [2.05, 4.69) is 26.6 Å². The van der Waals surface area contributed by atoms with Crippen LogP contribution in [0.2, 0.25) is 0 Å². The highest BCUT2D eigenvalue weighted by Gasteiger charge is 2.17. The first-order valence-corrected chi connectivity index (χ1v) is 9.75. The van der Waals surface area contributed by atoms with Gasteiger partial charge in [-0.2, -0.15) is 0 Å². The average molecular weight is 482 g/mol. The molecular weight excluding hydrogens is 466 g/mol. The number of nitrogens with zero attached hydrogens (tertiary/aromatic N) is 1. The molecule has 156 valence electrons. The highest BCUT2D eigenvalue weighted by Crippen LogP contribution is 2.19. The number of nitro groups is 1. The number of carbonyl (C=O) groups is 2. The van der Waals surface area contributed by atoms with E-state index in [-0.39, 0.29) is 17.1 Å². The number of nitrogens with one attached hydrogen (secondary N) is 2. The molecule has 0 aromatic heterocycles. The third-order valence-electron chi connectivity index (χ3n) is 4.13. The molecule has 0 atom stereocenters. The zero-order valence-corrected chi connectivity index (χ0v) is 17.5. The van der Waals surface area contributed by atoms with Gasteiger partial charge in [-0.25, -0.2) is 0 Å². The number of carbonyl (C=O) groups excluding carboxylic acids is 2. The van der Waals surface area contributed by atoms with Crippen LogP contribution in [-0.2, 0) is 4.79 Å². The smallest absolute Gasteiger partial charge is 0.272 e. The summed E-state index contributed by atoms with van der Waals surface area (Å²) in [6.45, 7) is 0. The molecule has 0 fully saturated rings. The topological polar surface area (TPSA) is 122 Å². The Kier molecular flexibility index (Phi) is 6.78. The van der Waals surface area contributed by atoms with Crippen molar-refractivity contribution in [1.82, 2.24) is 5.32 Å². The van der Waals surface area contributed by atoms with Gasteiger partial charge < -0.3 is 15.7 Å². The van der Waals surface area contributed by atoms with Gasteiger partial charge in [-0.05, 0) is 64.0 Å². The Morgan fingerprint density at radius 3 is 2.39 bits per heavy atom. The molecule has 0 aliphatic carbocycles. The fourth-order valence-corrected chi connectivity index (χ4v) is 3.10. The molecule has 31 heavy (non-hydrogen) atoms. The lowest BCUT2D eigenvalue weighted by atomic mass is 10.1. The van der Waals surface area contributed by atoms with Gasteiger partial charge in [0.15, 0.2) is 0 Å². The van der Waals surface area contributed by atoms with Crippen molar-refractivity contribution in [1.29, 1.82) is 0 Å². The van der Waals surface area contributed by atoms with Crippen LogP contribution in [0.4, 0.5) is 11.4 Å². The fourth-order valence-electron chi connectivity index (χ4n) is 2.63. The van der Waals surface area contributed by atoms with Crippen LogP contribution >= 0.6 is 15.9 Å². The van der Waals surface area contributed by atoms with Crippen molar-refractivity contribution in [2.24, 2.45) is 0 Å². The number of aromatic hydroxyl groups is 1. The monoisotopic (exact) mass is 481 g/mol. The molecule has 0 saturated heterocycles. The molecule has 0 aliphatic heterocycles. The van der Waals surface area contributed by atoms with E-state index in [1.165, 1.54) is 48.5 Å². The lowest BCUT2D eigenvalue weighted by molar-refractivity contribution is -0.384. The molecule has 3 aromatic rings. The predicted octanol–water partition coefficient (Wildman–Crippen LogP) is 4.47. The van der Waals surface area contributed by atoms with Crippen molar-refractivity contribution < 1.29 is 19.6 Å². The van der Waals surface area contributed by atoms with Crippen LogP contribution in [0.5, 0.6) is 5.75 Å². The van der Waals surface area contributed by atoms with Crippen LogP contribution in [0.15, 0.2) is 83.0 Å². The van der Waals surface area contributed by atoms with Crippen LogP contribution < -0.4 is 10.6 Å². The van der Waals surface area contributed by atoms with Gasteiger partial charge in [-0.15, -0.1) is 0 Å². The Morgan fingerprint density at radius 1 is 1.00 bits per heavy atom. The Labute approximate surface area is 185 Å². The van der Waals surface area contributed by atoms with Crippen molar-refractivity contribution in [2.75, 3.05) is 5.32 Å². The largest absolute Gasteiger partial charge is 0.508 e. The van der Waals surface area contributed by atoms with Crippen molar-refractivity contribution in [3.63, 3.8) is 0 Å². The molecule has 8 nitrogen and oxygen atoms in total. The summed E-state index contributed by atoms with van der Waals surface area (Å²) in [5.74, 6) is -1.14. The quantitative estimate of drug-likeness (QED) is 0.207. The predicted molar refractivity (Wildman–Crippen MR) is 119 cm³/mol. The molecule has 0 bridgehead atoms. The summed E-state index contributed by atoms with van der Waals surface area (Å²) in [6, 6.07) is 18.2. The van der Waals surface area contributed by atoms with E-state index in [1.54, 1.807) is 30.3 Å². The lowest BCUT2D eigenvalue weighted by Gasteiger charge is -2.12. The Morgan fingerprint density at radius 2 is 1.71 bits per heavy atom. The highest BCUT2D eigenvalue weighted by atomic mass is 79.9. The lowest BCUT2D eigenvalue weighted by Crippen LogP contribution is -2.31. The summed E-state index contributed by atoms with van der Waals surface area (Å²) in [4.78, 5) is 36.1. The molecule has 3 aromatic carbocycles. The van der Waals surface area contributed by atoms with E-state index in [0.29, 0.717) is 21.3 Å². The summed E-state index contributed by atoms with van der Waals surface area (Å²) in [5.41, 5.74) is 0.795. The molecule has 0 saturated carbocycles. The minimum atomic E-state index is -0.641. The Balaban J connectivity index is 1.94. The van der Waals surface area contributed by atoms with Gasteiger partial charge >= 0.3 is 0 Å². The van der Waals surface area contributed by atoms with E-state index in [9.17, 15) is 24.8 Å². The number of phenolic OH excluding ortho intramolecular Hbond substituents is 1. The summed E-state index contributed by atoms with van der Waals surface area (Å²) >= 11 is 3.30. The van der Waals surface area contributed by atoms with Crippen molar-refractivity contribution in [3.05, 3.63) is 104 Å². The number of rotatable bonds is 6. The maximum atomic E-state index is 12.9. The van der Waals surface area contributed by atoms with Gasteiger partial charge in [-0.3, -0.25) is 19.7 Å². The standard InChI is InChI=1S/C22H16BrN3O5/c23-19-7-2-1-6-18(19)21(28)25-20(13-14-4-3-5-16(12-14)26(30)31)22(29)24-15-8-10-17(27)11-9-15/h1-13,27H,(H,24,29)(H,25,28)/b20-13-. The first-order chi connectivity index (χ1) is 14.8. The van der Waals surface area contributed by atoms with E-state index in [0.717, 1.165) is 0 Å². The van der Waals surface area contributed by atoms with Crippen LogP contribution in [0, 0.1) is 10.1 Å². The second kappa shape index (κ2) is 9.68. The van der Waals surface area contributed by atoms with Gasteiger partial charge in [0, 0.05) is 22.3 Å². The van der Waals surface area contributed by atoms with Crippen LogP contribution in [0.1, 0.15) is 15.9 Å². The number of benzene rings is 3. The van der Waals surface area contributed by atoms with Gasteiger partial charge in [0.1, 0.15) is 11.4 Å². The number of phenols is 1. The fraction of sp³-hybridized carbons (Fsp3) is 0. The van der Waals surface area contributed by atoms with E-state index in [4.69, 9.17) is 0 Å². The molecule has 0 spiro atoms. The van der Waals surface area contributed by atoms with E-state index < -0.39 is 16.7 Å². The number of nitro benzene ring substituents is 1. The summed E-state index contributed by atoms with van der Waals surface area (Å²) in [5, 5.41) is 25.6. The molecule has 3 rings (SSSR count). The highest BCUT2D eigenvalue weighted by molar-refractivity contribution is 9.10. The van der Waals surface area contributed by atoms with Crippen molar-refractivity contribution in [3.8, 4) is 5.75 Å². The van der Waals surface area contributed by atoms with Gasteiger partial charge in [-0.1, -0.05) is 24.3 Å². The van der Waals surface area contributed by atoms with Crippen LogP contribution in [0.25, 0.3) is 6.08 Å². The molecule has 9 heteroatoms. The Hall–Kier alpha value is -3.98. The van der Waals surface area contributed by atoms with Crippen molar-refractivity contribution >= 4 is 45.2 Å². The molecule has 0 unspecified atom stereocenters. The molecule has 3 N–H and O–H groups in total.